The number of esters is 1. The van der Waals surface area contributed by atoms with Crippen LogP contribution >= 0.6 is 15.9 Å². The highest BCUT2D eigenvalue weighted by molar-refractivity contribution is 9.10. The van der Waals surface area contributed by atoms with Gasteiger partial charge in [0.2, 0.25) is 0 Å². The summed E-state index contributed by atoms with van der Waals surface area (Å²) in [5, 5.41) is 2.85. The number of hydrogen-bond acceptors (Lipinski definition) is 4. The van der Waals surface area contributed by atoms with Crippen molar-refractivity contribution in [3.63, 3.8) is 0 Å². The van der Waals surface area contributed by atoms with Crippen molar-refractivity contribution in [1.82, 2.24) is 0 Å². The minimum atomic E-state index is -0.823. The van der Waals surface area contributed by atoms with Crippen molar-refractivity contribution in [3.05, 3.63) is 63.1 Å². The van der Waals surface area contributed by atoms with E-state index in [0.717, 1.165) is 28.4 Å². The molecule has 5 nitrogen and oxygen atoms in total. The number of amides is 1. The van der Waals surface area contributed by atoms with E-state index in [1.165, 1.54) is 5.56 Å². The number of fused-ring (bicyclic) bond motifs is 2. The van der Waals surface area contributed by atoms with Crippen LogP contribution in [0.15, 0.2) is 40.9 Å². The molecule has 2 atom stereocenters. The Hall–Kier alpha value is -2.18. The van der Waals surface area contributed by atoms with Gasteiger partial charge in [0.05, 0.1) is 5.56 Å². The maximum absolute atomic E-state index is 12.5. The summed E-state index contributed by atoms with van der Waals surface area (Å²) in [6, 6.07) is 11.3. The van der Waals surface area contributed by atoms with E-state index in [1.54, 1.807) is 6.07 Å². The van der Waals surface area contributed by atoms with Gasteiger partial charge in [-0.1, -0.05) is 28.1 Å². The zero-order valence-electron chi connectivity index (χ0n) is 13.4. The van der Waals surface area contributed by atoms with Crippen molar-refractivity contribution in [1.29, 1.82) is 0 Å². The van der Waals surface area contributed by atoms with Crippen LogP contribution in [0.5, 0.6) is 0 Å². The number of ether oxygens (including phenoxy) is 1. The second-order valence-corrected chi connectivity index (χ2v) is 7.36. The zero-order chi connectivity index (χ0) is 17.6. The first-order chi connectivity index (χ1) is 12.0. The summed E-state index contributed by atoms with van der Waals surface area (Å²) in [6.07, 6.45) is 1.40. The van der Waals surface area contributed by atoms with Gasteiger partial charge in [-0.15, -0.1) is 0 Å². The first-order valence-corrected chi connectivity index (χ1v) is 8.99. The fourth-order valence-electron chi connectivity index (χ4n) is 3.45. The molecule has 1 heterocycles. The van der Waals surface area contributed by atoms with Gasteiger partial charge in [-0.3, -0.25) is 4.79 Å². The first kappa shape index (κ1) is 16.3. The molecule has 2 aliphatic rings. The highest BCUT2D eigenvalue weighted by Gasteiger charge is 2.31. The van der Waals surface area contributed by atoms with Crippen LogP contribution in [0.4, 0.5) is 5.69 Å². The molecular weight excluding hydrogens is 384 g/mol. The highest BCUT2D eigenvalue weighted by Crippen LogP contribution is 2.31. The predicted molar refractivity (Wildman–Crippen MR) is 97.4 cm³/mol. The number of cyclic esters (lactones) is 1. The summed E-state index contributed by atoms with van der Waals surface area (Å²) in [5.74, 6) is -0.785. The molecule has 2 aromatic carbocycles. The predicted octanol–water partition coefficient (Wildman–Crippen LogP) is 3.12. The number of carbonyl (C=O) groups is 2. The van der Waals surface area contributed by atoms with Crippen LogP contribution < -0.4 is 11.1 Å². The summed E-state index contributed by atoms with van der Waals surface area (Å²) in [7, 11) is 0. The van der Waals surface area contributed by atoms with Gasteiger partial charge in [-0.05, 0) is 53.8 Å². The molecule has 4 rings (SSSR count). The third-order valence-corrected chi connectivity index (χ3v) is 5.27. The van der Waals surface area contributed by atoms with Crippen molar-refractivity contribution in [2.24, 2.45) is 5.73 Å². The Kier molecular flexibility index (Phi) is 4.09. The summed E-state index contributed by atoms with van der Waals surface area (Å²) in [5.41, 5.74) is 10.4. The summed E-state index contributed by atoms with van der Waals surface area (Å²) in [4.78, 5) is 24.7. The van der Waals surface area contributed by atoms with Gasteiger partial charge >= 0.3 is 5.97 Å². The topological polar surface area (TPSA) is 81.4 Å². The number of nitrogens with one attached hydrogen (secondary N) is 1. The minimum Gasteiger partial charge on any atom is -0.448 e. The Bertz CT molecular complexity index is 881. The molecule has 1 aliphatic carbocycles. The molecule has 25 heavy (non-hydrogen) atoms. The Labute approximate surface area is 153 Å². The molecule has 2 aromatic rings. The van der Waals surface area contributed by atoms with E-state index in [4.69, 9.17) is 10.5 Å². The molecule has 1 aliphatic heterocycles. The van der Waals surface area contributed by atoms with Crippen LogP contribution in [0.1, 0.15) is 39.5 Å². The standard InChI is InChI=1S/C19H17BrN2O3/c20-12-3-1-11-8-17(25-19(24)15(11)9-12)18(23)22-13-4-5-14-10(7-13)2-6-16(14)21/h1,3-5,7,9,16-17H,2,6,8,21H2,(H,22,23)/t16-,17?/m0/s1. The molecule has 1 unspecified atom stereocenters. The van der Waals surface area contributed by atoms with Crippen LogP contribution in [0.3, 0.4) is 0 Å². The van der Waals surface area contributed by atoms with Crippen molar-refractivity contribution < 1.29 is 14.3 Å². The monoisotopic (exact) mass is 400 g/mol. The van der Waals surface area contributed by atoms with Crippen LogP contribution in [0.25, 0.3) is 0 Å². The second-order valence-electron chi connectivity index (χ2n) is 6.45. The lowest BCUT2D eigenvalue weighted by Crippen LogP contribution is -2.38. The third kappa shape index (κ3) is 3.07. The molecule has 128 valence electrons. The van der Waals surface area contributed by atoms with E-state index < -0.39 is 12.1 Å². The number of carbonyl (C=O) groups excluding carboxylic acids is 2. The molecule has 0 saturated carbocycles. The Morgan fingerprint density at radius 2 is 2.04 bits per heavy atom. The van der Waals surface area contributed by atoms with E-state index in [1.807, 2.05) is 30.3 Å². The minimum absolute atomic E-state index is 0.0786. The number of hydrogen-bond donors (Lipinski definition) is 2. The van der Waals surface area contributed by atoms with Crippen molar-refractivity contribution in [2.45, 2.75) is 31.4 Å². The van der Waals surface area contributed by atoms with E-state index in [2.05, 4.69) is 21.2 Å². The Morgan fingerprint density at radius 3 is 2.88 bits per heavy atom. The van der Waals surface area contributed by atoms with Gasteiger partial charge < -0.3 is 15.8 Å². The van der Waals surface area contributed by atoms with Crippen LogP contribution in [0.2, 0.25) is 0 Å². The van der Waals surface area contributed by atoms with Gasteiger partial charge in [-0.2, -0.15) is 0 Å². The summed E-state index contributed by atoms with van der Waals surface area (Å²) >= 11 is 3.34. The van der Waals surface area contributed by atoms with E-state index in [9.17, 15) is 9.59 Å². The number of benzene rings is 2. The number of rotatable bonds is 2. The second kappa shape index (κ2) is 6.28. The maximum atomic E-state index is 12.5. The number of halogens is 1. The van der Waals surface area contributed by atoms with Gasteiger partial charge in [0.15, 0.2) is 6.10 Å². The van der Waals surface area contributed by atoms with E-state index in [0.29, 0.717) is 17.7 Å². The normalized spacial score (nSPS) is 21.3. The van der Waals surface area contributed by atoms with Crippen molar-refractivity contribution >= 4 is 33.5 Å². The highest BCUT2D eigenvalue weighted by atomic mass is 79.9. The first-order valence-electron chi connectivity index (χ1n) is 8.20. The van der Waals surface area contributed by atoms with E-state index >= 15 is 0 Å². The van der Waals surface area contributed by atoms with Crippen LogP contribution in [-0.2, 0) is 22.4 Å². The van der Waals surface area contributed by atoms with Crippen LogP contribution in [-0.4, -0.2) is 18.0 Å². The third-order valence-electron chi connectivity index (χ3n) is 4.77. The number of aryl methyl sites for hydroxylation is 1. The smallest absolute Gasteiger partial charge is 0.339 e. The van der Waals surface area contributed by atoms with E-state index in [-0.39, 0.29) is 11.9 Å². The average Bonchev–Trinajstić information content (AvgIpc) is 2.96. The number of nitrogens with two attached hydrogens (primary N) is 1. The van der Waals surface area contributed by atoms with Gasteiger partial charge in [0, 0.05) is 22.6 Å². The molecule has 3 N–H and O–H groups in total. The molecule has 0 radical (unpaired) electrons. The molecule has 0 bridgehead atoms. The Morgan fingerprint density at radius 1 is 1.20 bits per heavy atom. The average molecular weight is 401 g/mol. The molecule has 0 fully saturated rings. The van der Waals surface area contributed by atoms with Crippen molar-refractivity contribution in [2.75, 3.05) is 5.32 Å². The maximum Gasteiger partial charge on any atom is 0.339 e. The quantitative estimate of drug-likeness (QED) is 0.758. The fraction of sp³-hybridized carbons (Fsp3) is 0.263. The zero-order valence-corrected chi connectivity index (χ0v) is 15.0. The van der Waals surface area contributed by atoms with Gasteiger partial charge in [-0.25, -0.2) is 4.79 Å². The fourth-order valence-corrected chi connectivity index (χ4v) is 3.81. The molecule has 6 heteroatoms. The Balaban J connectivity index is 1.51. The lowest BCUT2D eigenvalue weighted by Gasteiger charge is -2.24. The number of anilines is 1. The molecule has 0 saturated heterocycles. The van der Waals surface area contributed by atoms with Gasteiger partial charge in [0.25, 0.3) is 5.91 Å². The molecule has 0 spiro atoms. The lowest BCUT2D eigenvalue weighted by molar-refractivity contribution is -0.125. The van der Waals surface area contributed by atoms with Crippen molar-refractivity contribution in [3.8, 4) is 0 Å². The lowest BCUT2D eigenvalue weighted by atomic mass is 9.98. The summed E-state index contributed by atoms with van der Waals surface area (Å²) < 4.78 is 6.13. The largest absolute Gasteiger partial charge is 0.448 e. The molecular formula is C19H17BrN2O3. The van der Waals surface area contributed by atoms with Gasteiger partial charge in [0.1, 0.15) is 0 Å². The molecule has 1 amide bonds. The van der Waals surface area contributed by atoms with Crippen LogP contribution in [0, 0.1) is 0 Å². The molecule has 0 aromatic heterocycles. The summed E-state index contributed by atoms with van der Waals surface area (Å²) in [6.45, 7) is 0. The SMILES string of the molecule is N[C@H]1CCc2cc(NC(=O)C3Cc4ccc(Br)cc4C(=O)O3)ccc21.